The van der Waals surface area contributed by atoms with Gasteiger partial charge in [-0.25, -0.2) is 4.79 Å². The summed E-state index contributed by atoms with van der Waals surface area (Å²) in [6.45, 7) is 7.40. The van der Waals surface area contributed by atoms with Gasteiger partial charge in [-0.15, -0.1) is 0 Å². The molecule has 1 aromatic carbocycles. The number of benzene rings is 1. The summed E-state index contributed by atoms with van der Waals surface area (Å²) in [6.07, 6.45) is 0. The first-order valence-corrected chi connectivity index (χ1v) is 7.96. The largest absolute Gasteiger partial charge is 0.496 e. The zero-order valence-corrected chi connectivity index (χ0v) is 15.1. The summed E-state index contributed by atoms with van der Waals surface area (Å²) in [6, 6.07) is 5.86. The number of rotatable bonds is 4. The second kappa shape index (κ2) is 7.31. The summed E-state index contributed by atoms with van der Waals surface area (Å²) in [5.74, 6) is -0.0681. The third kappa shape index (κ3) is 3.31. The van der Waals surface area contributed by atoms with Crippen molar-refractivity contribution in [3.8, 4) is 11.8 Å². The molecule has 1 aromatic rings. The van der Waals surface area contributed by atoms with Crippen LogP contribution in [0.2, 0.25) is 0 Å². The fourth-order valence-corrected chi connectivity index (χ4v) is 3.01. The van der Waals surface area contributed by atoms with Crippen LogP contribution in [-0.4, -0.2) is 19.7 Å². The van der Waals surface area contributed by atoms with Crippen LogP contribution in [0.3, 0.4) is 0 Å². The van der Waals surface area contributed by atoms with Crippen molar-refractivity contribution in [2.24, 2.45) is 5.73 Å². The predicted octanol–water partition coefficient (Wildman–Crippen LogP) is 2.96. The number of aryl methyl sites for hydroxylation is 2. The monoisotopic (exact) mass is 342 g/mol. The first kappa shape index (κ1) is 18.4. The quantitative estimate of drug-likeness (QED) is 0.845. The lowest BCUT2D eigenvalue weighted by Crippen LogP contribution is -2.26. The van der Waals surface area contributed by atoms with E-state index in [1.807, 2.05) is 26.0 Å². The molecule has 0 bridgehead atoms. The average molecular weight is 342 g/mol. The van der Waals surface area contributed by atoms with Crippen LogP contribution in [0.4, 0.5) is 0 Å². The van der Waals surface area contributed by atoms with Gasteiger partial charge in [-0.1, -0.05) is 6.07 Å². The van der Waals surface area contributed by atoms with E-state index >= 15 is 0 Å². The van der Waals surface area contributed by atoms with Crippen LogP contribution in [0.5, 0.6) is 5.75 Å². The third-order valence-corrected chi connectivity index (χ3v) is 4.20. The molecular weight excluding hydrogens is 320 g/mol. The van der Waals surface area contributed by atoms with Gasteiger partial charge in [0, 0.05) is 0 Å². The molecule has 0 aromatic heterocycles. The number of nitriles is 1. The van der Waals surface area contributed by atoms with Gasteiger partial charge in [0.1, 0.15) is 23.2 Å². The summed E-state index contributed by atoms with van der Waals surface area (Å²) in [5, 5.41) is 9.60. The van der Waals surface area contributed by atoms with Gasteiger partial charge >= 0.3 is 5.97 Å². The molecule has 0 fully saturated rings. The molecule has 1 heterocycles. The number of esters is 1. The zero-order chi connectivity index (χ0) is 18.7. The van der Waals surface area contributed by atoms with Crippen molar-refractivity contribution >= 4 is 5.97 Å². The molecule has 25 heavy (non-hydrogen) atoms. The first-order chi connectivity index (χ1) is 11.8. The van der Waals surface area contributed by atoms with E-state index in [2.05, 4.69) is 6.07 Å². The van der Waals surface area contributed by atoms with Crippen LogP contribution in [0.1, 0.15) is 36.5 Å². The lowest BCUT2D eigenvalue weighted by molar-refractivity contribution is -0.139. The van der Waals surface area contributed by atoms with Crippen molar-refractivity contribution in [2.45, 2.75) is 33.6 Å². The minimum absolute atomic E-state index is 0.00548. The molecule has 0 radical (unpaired) electrons. The average Bonchev–Trinajstić information content (AvgIpc) is 2.56. The molecule has 0 amide bonds. The number of nitrogens with two attached hydrogens (primary N) is 1. The van der Waals surface area contributed by atoms with Crippen LogP contribution < -0.4 is 10.5 Å². The number of hydrogen-bond acceptors (Lipinski definition) is 6. The molecule has 132 valence electrons. The molecule has 0 spiro atoms. The fraction of sp³-hybridized carbons (Fsp3) is 0.368. The molecular formula is C19H22N2O4. The van der Waals surface area contributed by atoms with Crippen molar-refractivity contribution in [3.63, 3.8) is 0 Å². The summed E-state index contributed by atoms with van der Waals surface area (Å²) in [4.78, 5) is 12.5. The fourth-order valence-electron chi connectivity index (χ4n) is 3.01. The number of hydrogen-bond donors (Lipinski definition) is 1. The van der Waals surface area contributed by atoms with E-state index in [1.165, 1.54) is 0 Å². The van der Waals surface area contributed by atoms with Crippen molar-refractivity contribution in [1.29, 1.82) is 5.26 Å². The van der Waals surface area contributed by atoms with Crippen molar-refractivity contribution in [1.82, 2.24) is 0 Å². The maximum atomic E-state index is 12.5. The smallest absolute Gasteiger partial charge is 0.338 e. The molecule has 0 aliphatic carbocycles. The molecule has 0 saturated heterocycles. The van der Waals surface area contributed by atoms with Crippen LogP contribution >= 0.6 is 0 Å². The Labute approximate surface area is 147 Å². The number of allylic oxidation sites excluding steroid dienone is 2. The van der Waals surface area contributed by atoms with Gasteiger partial charge in [0.05, 0.1) is 25.2 Å². The Kier molecular flexibility index (Phi) is 5.38. The normalized spacial score (nSPS) is 17.0. The van der Waals surface area contributed by atoms with E-state index in [-0.39, 0.29) is 18.1 Å². The second-order valence-corrected chi connectivity index (χ2v) is 5.79. The molecule has 2 rings (SSSR count). The van der Waals surface area contributed by atoms with Gasteiger partial charge in [0.2, 0.25) is 5.88 Å². The van der Waals surface area contributed by atoms with Crippen LogP contribution in [0.15, 0.2) is 34.9 Å². The number of methoxy groups -OCH3 is 1. The Morgan fingerprint density at radius 1 is 1.32 bits per heavy atom. The summed E-state index contributed by atoms with van der Waals surface area (Å²) in [7, 11) is 1.60. The number of nitrogens with zero attached hydrogens (tertiary/aromatic N) is 1. The summed E-state index contributed by atoms with van der Waals surface area (Å²) in [5.41, 5.74) is 8.97. The summed E-state index contributed by atoms with van der Waals surface area (Å²) < 4.78 is 15.9. The Hall–Kier alpha value is -2.94. The predicted molar refractivity (Wildman–Crippen MR) is 92.5 cm³/mol. The second-order valence-electron chi connectivity index (χ2n) is 5.79. The third-order valence-electron chi connectivity index (χ3n) is 4.20. The van der Waals surface area contributed by atoms with E-state index in [0.29, 0.717) is 11.3 Å². The van der Waals surface area contributed by atoms with Crippen LogP contribution in [-0.2, 0) is 14.3 Å². The minimum atomic E-state index is -0.637. The SMILES string of the molecule is CCOC(=O)C1=C(C)OC(N)=C(C#N)C1c1cc(C)c(OC)cc1C. The minimum Gasteiger partial charge on any atom is -0.496 e. The Morgan fingerprint density at radius 3 is 2.56 bits per heavy atom. The standard InChI is InChI=1S/C19H22N2O4/c1-6-24-19(22)16-12(4)25-18(21)14(9-20)17(16)13-7-11(3)15(23-5)8-10(13)2/h7-8,17H,6,21H2,1-5H3. The molecule has 1 atom stereocenters. The van der Waals surface area contributed by atoms with Crippen molar-refractivity contribution in [2.75, 3.05) is 13.7 Å². The molecule has 2 N–H and O–H groups in total. The van der Waals surface area contributed by atoms with E-state index in [1.54, 1.807) is 21.0 Å². The zero-order valence-electron chi connectivity index (χ0n) is 15.1. The van der Waals surface area contributed by atoms with Gasteiger partial charge in [-0.2, -0.15) is 5.26 Å². The van der Waals surface area contributed by atoms with Crippen LogP contribution in [0, 0.1) is 25.2 Å². The van der Waals surface area contributed by atoms with Gasteiger partial charge < -0.3 is 19.9 Å². The van der Waals surface area contributed by atoms with Crippen molar-refractivity contribution < 1.29 is 19.0 Å². The maximum Gasteiger partial charge on any atom is 0.338 e. The molecule has 1 unspecified atom stereocenters. The molecule has 6 nitrogen and oxygen atoms in total. The Balaban J connectivity index is 2.71. The summed E-state index contributed by atoms with van der Waals surface area (Å²) >= 11 is 0. The maximum absolute atomic E-state index is 12.5. The lowest BCUT2D eigenvalue weighted by Gasteiger charge is -2.28. The van der Waals surface area contributed by atoms with Gasteiger partial charge in [-0.05, 0) is 50.5 Å². The van der Waals surface area contributed by atoms with E-state index < -0.39 is 11.9 Å². The number of carbonyl (C=O) groups is 1. The Morgan fingerprint density at radius 2 is 2.00 bits per heavy atom. The highest BCUT2D eigenvalue weighted by molar-refractivity contribution is 5.92. The molecule has 6 heteroatoms. The van der Waals surface area contributed by atoms with E-state index in [0.717, 1.165) is 22.4 Å². The van der Waals surface area contributed by atoms with E-state index in [9.17, 15) is 10.1 Å². The highest BCUT2D eigenvalue weighted by Crippen LogP contribution is 2.42. The lowest BCUT2D eigenvalue weighted by atomic mass is 9.80. The molecule has 0 saturated carbocycles. The first-order valence-electron chi connectivity index (χ1n) is 7.96. The highest BCUT2D eigenvalue weighted by Gasteiger charge is 2.37. The highest BCUT2D eigenvalue weighted by atomic mass is 16.5. The molecule has 1 aliphatic heterocycles. The Bertz CT molecular complexity index is 815. The van der Waals surface area contributed by atoms with Gasteiger partial charge in [0.15, 0.2) is 0 Å². The van der Waals surface area contributed by atoms with Crippen LogP contribution in [0.25, 0.3) is 0 Å². The van der Waals surface area contributed by atoms with Crippen molar-refractivity contribution in [3.05, 3.63) is 51.6 Å². The van der Waals surface area contributed by atoms with Gasteiger partial charge in [-0.3, -0.25) is 0 Å². The van der Waals surface area contributed by atoms with Gasteiger partial charge in [0.25, 0.3) is 0 Å². The number of carbonyl (C=O) groups excluding carboxylic acids is 1. The van der Waals surface area contributed by atoms with E-state index in [4.69, 9.17) is 19.9 Å². The molecule has 1 aliphatic rings. The number of ether oxygens (including phenoxy) is 3. The topological polar surface area (TPSA) is 94.6 Å².